The van der Waals surface area contributed by atoms with E-state index in [-0.39, 0.29) is 19.7 Å². The van der Waals surface area contributed by atoms with Crippen LogP contribution in [-0.2, 0) is 6.54 Å². The third-order valence-electron chi connectivity index (χ3n) is 3.00. The van der Waals surface area contributed by atoms with Crippen LogP contribution in [0.4, 0.5) is 13.2 Å². The molecule has 0 unspecified atom stereocenters. The monoisotopic (exact) mass is 357 g/mol. The van der Waals surface area contributed by atoms with Crippen LogP contribution >= 0.6 is 0 Å². The number of guanidine groups is 1. The minimum atomic E-state index is -4.20. The third-order valence-corrected chi connectivity index (χ3v) is 3.00. The van der Waals surface area contributed by atoms with E-state index in [9.17, 15) is 13.2 Å². The summed E-state index contributed by atoms with van der Waals surface area (Å²) >= 11 is 0. The highest BCUT2D eigenvalue weighted by molar-refractivity contribution is 5.79. The van der Waals surface area contributed by atoms with Gasteiger partial charge in [-0.1, -0.05) is 12.0 Å². The molecule has 0 aliphatic carbocycles. The smallest absolute Gasteiger partial charge is 0.390 e. The Kier molecular flexibility index (Phi) is 8.47. The number of hydrogen-bond acceptors (Lipinski definition) is 3. The van der Waals surface area contributed by atoms with Gasteiger partial charge in [-0.25, -0.2) is 4.99 Å². The molecule has 0 aliphatic heterocycles. The van der Waals surface area contributed by atoms with Gasteiger partial charge >= 0.3 is 6.18 Å². The molecule has 0 atom stereocenters. The molecule has 0 saturated carbocycles. The fourth-order valence-corrected chi connectivity index (χ4v) is 1.89. The molecule has 1 rings (SSSR count). The van der Waals surface area contributed by atoms with E-state index in [2.05, 4.69) is 21.5 Å². The van der Waals surface area contributed by atoms with E-state index in [1.54, 1.807) is 18.2 Å². The van der Waals surface area contributed by atoms with E-state index < -0.39 is 12.6 Å². The molecule has 0 spiro atoms. The SMILES string of the molecule is C#CCOc1cc(CN=C(NCC)NCCC(F)(F)F)ccc1OC. The summed E-state index contributed by atoms with van der Waals surface area (Å²) in [5.74, 6) is 3.71. The van der Waals surface area contributed by atoms with E-state index in [0.29, 0.717) is 24.0 Å². The molecule has 2 N–H and O–H groups in total. The van der Waals surface area contributed by atoms with Crippen LogP contribution in [-0.4, -0.2) is 38.9 Å². The normalized spacial score (nSPS) is 11.6. The van der Waals surface area contributed by atoms with Crippen molar-refractivity contribution in [3.63, 3.8) is 0 Å². The Morgan fingerprint density at radius 1 is 1.28 bits per heavy atom. The van der Waals surface area contributed by atoms with Gasteiger partial charge in [0.05, 0.1) is 20.1 Å². The van der Waals surface area contributed by atoms with Crippen molar-refractivity contribution in [3.05, 3.63) is 23.8 Å². The molecule has 8 heteroatoms. The average Bonchev–Trinajstić information content (AvgIpc) is 2.56. The number of alkyl halides is 3. The average molecular weight is 357 g/mol. The summed E-state index contributed by atoms with van der Waals surface area (Å²) in [6, 6.07) is 5.25. The van der Waals surface area contributed by atoms with Gasteiger partial charge in [-0.3, -0.25) is 0 Å². The largest absolute Gasteiger partial charge is 0.493 e. The minimum absolute atomic E-state index is 0.102. The zero-order valence-electron chi connectivity index (χ0n) is 14.2. The van der Waals surface area contributed by atoms with Crippen LogP contribution in [0.3, 0.4) is 0 Å². The Balaban J connectivity index is 2.75. The Labute approximate surface area is 145 Å². The van der Waals surface area contributed by atoms with Gasteiger partial charge in [0, 0.05) is 13.1 Å². The van der Waals surface area contributed by atoms with E-state index in [4.69, 9.17) is 15.9 Å². The van der Waals surface area contributed by atoms with Crippen molar-refractivity contribution in [2.45, 2.75) is 26.1 Å². The Morgan fingerprint density at radius 2 is 2.04 bits per heavy atom. The molecule has 0 bridgehead atoms. The highest BCUT2D eigenvalue weighted by atomic mass is 19.4. The molecule has 0 heterocycles. The molecule has 1 aromatic rings. The Bertz CT molecular complexity index is 610. The number of nitrogens with zero attached hydrogens (tertiary/aromatic N) is 1. The molecule has 138 valence electrons. The topological polar surface area (TPSA) is 54.9 Å². The number of benzene rings is 1. The predicted molar refractivity (Wildman–Crippen MR) is 90.8 cm³/mol. The first-order valence-corrected chi connectivity index (χ1v) is 7.71. The molecule has 0 aromatic heterocycles. The van der Waals surface area contributed by atoms with Gasteiger partial charge in [0.2, 0.25) is 0 Å². The molecule has 0 amide bonds. The molecule has 0 aliphatic rings. The number of hydrogen-bond donors (Lipinski definition) is 2. The van der Waals surface area contributed by atoms with Crippen LogP contribution in [0, 0.1) is 12.3 Å². The summed E-state index contributed by atoms with van der Waals surface area (Å²) in [5, 5.41) is 5.55. The van der Waals surface area contributed by atoms with Gasteiger partial charge in [-0.2, -0.15) is 13.2 Å². The van der Waals surface area contributed by atoms with Gasteiger partial charge in [0.15, 0.2) is 17.5 Å². The first-order chi connectivity index (χ1) is 11.9. The maximum atomic E-state index is 12.2. The number of methoxy groups -OCH3 is 1. The van der Waals surface area contributed by atoms with Crippen LogP contribution in [0.1, 0.15) is 18.9 Å². The molecule has 0 radical (unpaired) electrons. The van der Waals surface area contributed by atoms with E-state index in [1.807, 2.05) is 6.92 Å². The van der Waals surface area contributed by atoms with Gasteiger partial charge in [-0.05, 0) is 24.6 Å². The molecular weight excluding hydrogens is 335 g/mol. The predicted octanol–water partition coefficient (Wildman–Crippen LogP) is 2.71. The highest BCUT2D eigenvalue weighted by Gasteiger charge is 2.26. The second kappa shape index (κ2) is 10.3. The summed E-state index contributed by atoms with van der Waals surface area (Å²) < 4.78 is 47.3. The molecule has 5 nitrogen and oxygen atoms in total. The Hall–Kier alpha value is -2.56. The van der Waals surface area contributed by atoms with Crippen LogP contribution in [0.25, 0.3) is 0 Å². The van der Waals surface area contributed by atoms with Crippen LogP contribution in [0.2, 0.25) is 0 Å². The van der Waals surface area contributed by atoms with Gasteiger partial charge in [0.1, 0.15) is 6.61 Å². The zero-order chi connectivity index (χ0) is 18.7. The van der Waals surface area contributed by atoms with E-state index in [0.717, 1.165) is 5.56 Å². The second-order valence-electron chi connectivity index (χ2n) is 4.97. The van der Waals surface area contributed by atoms with Gasteiger partial charge < -0.3 is 20.1 Å². The summed E-state index contributed by atoms with van der Waals surface area (Å²) in [6.45, 7) is 2.49. The van der Waals surface area contributed by atoms with E-state index >= 15 is 0 Å². The first-order valence-electron chi connectivity index (χ1n) is 7.71. The van der Waals surface area contributed by atoms with Gasteiger partial charge in [0.25, 0.3) is 0 Å². The van der Waals surface area contributed by atoms with Gasteiger partial charge in [-0.15, -0.1) is 6.42 Å². The summed E-state index contributed by atoms with van der Waals surface area (Å²) in [5.41, 5.74) is 0.806. The van der Waals surface area contributed by atoms with Crippen molar-refractivity contribution >= 4 is 5.96 Å². The lowest BCUT2D eigenvalue weighted by Gasteiger charge is -2.13. The summed E-state index contributed by atoms with van der Waals surface area (Å²) in [4.78, 5) is 4.27. The first kappa shape index (κ1) is 20.5. The number of rotatable bonds is 8. The quantitative estimate of drug-likeness (QED) is 0.427. The number of terminal acetylenes is 1. The summed E-state index contributed by atoms with van der Waals surface area (Å²) in [7, 11) is 1.52. The van der Waals surface area contributed by atoms with Crippen molar-refractivity contribution in [1.29, 1.82) is 0 Å². The molecule has 0 fully saturated rings. The molecular formula is C17H22F3N3O2. The van der Waals surface area contributed by atoms with E-state index in [1.165, 1.54) is 7.11 Å². The molecule has 0 saturated heterocycles. The van der Waals surface area contributed by atoms with Crippen LogP contribution in [0.5, 0.6) is 11.5 Å². The highest BCUT2D eigenvalue weighted by Crippen LogP contribution is 2.28. The minimum Gasteiger partial charge on any atom is -0.493 e. The number of ether oxygens (including phenoxy) is 2. The Morgan fingerprint density at radius 3 is 2.64 bits per heavy atom. The zero-order valence-corrected chi connectivity index (χ0v) is 14.2. The summed E-state index contributed by atoms with van der Waals surface area (Å²) in [6.07, 6.45) is 0.0491. The molecule has 25 heavy (non-hydrogen) atoms. The van der Waals surface area contributed by atoms with Crippen molar-refractivity contribution in [2.24, 2.45) is 4.99 Å². The lowest BCUT2D eigenvalue weighted by atomic mass is 10.2. The molecule has 1 aromatic carbocycles. The number of halogens is 3. The maximum absolute atomic E-state index is 12.2. The van der Waals surface area contributed by atoms with Crippen LogP contribution in [0.15, 0.2) is 23.2 Å². The standard InChI is InChI=1S/C17H22F3N3O2/c1-4-10-25-15-11-13(6-7-14(15)24-3)12-23-16(21-5-2)22-9-8-17(18,19)20/h1,6-7,11H,5,8-10,12H2,2-3H3,(H2,21,22,23). The fraction of sp³-hybridized carbons (Fsp3) is 0.471. The number of nitrogens with one attached hydrogen (secondary N) is 2. The third kappa shape index (κ3) is 8.20. The van der Waals surface area contributed by atoms with Crippen molar-refractivity contribution in [2.75, 3.05) is 26.8 Å². The van der Waals surface area contributed by atoms with Crippen molar-refractivity contribution < 1.29 is 22.6 Å². The fourth-order valence-electron chi connectivity index (χ4n) is 1.89. The van der Waals surface area contributed by atoms with Crippen molar-refractivity contribution in [1.82, 2.24) is 10.6 Å². The maximum Gasteiger partial charge on any atom is 0.390 e. The van der Waals surface area contributed by atoms with Crippen LogP contribution < -0.4 is 20.1 Å². The lowest BCUT2D eigenvalue weighted by molar-refractivity contribution is -0.132. The lowest BCUT2D eigenvalue weighted by Crippen LogP contribution is -2.38. The second-order valence-corrected chi connectivity index (χ2v) is 4.97. The van der Waals surface area contributed by atoms with Crippen molar-refractivity contribution in [3.8, 4) is 23.8 Å². The number of aliphatic imine (C=N–C) groups is 1.